The molecular formula is C15H24N2O2. The van der Waals surface area contributed by atoms with Gasteiger partial charge in [-0.05, 0) is 37.6 Å². The highest BCUT2D eigenvalue weighted by molar-refractivity contribution is 5.42. The third kappa shape index (κ3) is 3.61. The minimum Gasteiger partial charge on any atom is -0.493 e. The second-order valence-corrected chi connectivity index (χ2v) is 5.07. The first-order chi connectivity index (χ1) is 9.24. The van der Waals surface area contributed by atoms with E-state index in [2.05, 4.69) is 29.4 Å². The first-order valence-corrected chi connectivity index (χ1v) is 6.86. The predicted octanol–water partition coefficient (Wildman–Crippen LogP) is 1.54. The van der Waals surface area contributed by atoms with Crippen LogP contribution < -0.4 is 14.8 Å². The Morgan fingerprint density at radius 1 is 1.26 bits per heavy atom. The van der Waals surface area contributed by atoms with E-state index in [4.69, 9.17) is 9.47 Å². The van der Waals surface area contributed by atoms with Crippen LogP contribution >= 0.6 is 0 Å². The van der Waals surface area contributed by atoms with Crippen LogP contribution in [0.5, 0.6) is 11.5 Å². The van der Waals surface area contributed by atoms with Gasteiger partial charge in [-0.15, -0.1) is 0 Å². The molecule has 4 nitrogen and oxygen atoms in total. The summed E-state index contributed by atoms with van der Waals surface area (Å²) in [6.45, 7) is 3.32. The van der Waals surface area contributed by atoms with Crippen LogP contribution in [-0.2, 0) is 6.42 Å². The first kappa shape index (κ1) is 14.2. The summed E-state index contributed by atoms with van der Waals surface area (Å²) in [5.74, 6) is 1.61. The highest BCUT2D eigenvalue weighted by Gasteiger charge is 2.18. The van der Waals surface area contributed by atoms with Gasteiger partial charge >= 0.3 is 0 Å². The van der Waals surface area contributed by atoms with Gasteiger partial charge in [0.2, 0.25) is 0 Å². The number of methoxy groups -OCH3 is 2. The van der Waals surface area contributed by atoms with Crippen molar-refractivity contribution in [3.63, 3.8) is 0 Å². The summed E-state index contributed by atoms with van der Waals surface area (Å²) in [5.41, 5.74) is 1.30. The zero-order valence-corrected chi connectivity index (χ0v) is 12.1. The summed E-state index contributed by atoms with van der Waals surface area (Å²) in [7, 11) is 5.56. The molecule has 1 aromatic carbocycles. The van der Waals surface area contributed by atoms with Crippen LogP contribution in [-0.4, -0.2) is 51.8 Å². The summed E-state index contributed by atoms with van der Waals surface area (Å²) >= 11 is 0. The fraction of sp³-hybridized carbons (Fsp3) is 0.600. The molecule has 0 aromatic heterocycles. The van der Waals surface area contributed by atoms with Gasteiger partial charge in [0, 0.05) is 25.7 Å². The number of ether oxygens (including phenoxy) is 2. The number of likely N-dealkylation sites (N-methyl/N-ethyl adjacent to an activating group) is 1. The maximum Gasteiger partial charge on any atom is 0.160 e. The van der Waals surface area contributed by atoms with Crippen LogP contribution in [0.25, 0.3) is 0 Å². The van der Waals surface area contributed by atoms with Crippen molar-refractivity contribution in [1.82, 2.24) is 10.2 Å². The van der Waals surface area contributed by atoms with E-state index >= 15 is 0 Å². The van der Waals surface area contributed by atoms with Crippen LogP contribution in [0.2, 0.25) is 0 Å². The normalized spacial score (nSPS) is 20.3. The zero-order chi connectivity index (χ0) is 13.7. The van der Waals surface area contributed by atoms with Crippen molar-refractivity contribution >= 4 is 0 Å². The van der Waals surface area contributed by atoms with E-state index in [0.29, 0.717) is 6.04 Å². The van der Waals surface area contributed by atoms with Crippen LogP contribution in [0, 0.1) is 0 Å². The summed E-state index contributed by atoms with van der Waals surface area (Å²) < 4.78 is 10.6. The Labute approximate surface area is 115 Å². The molecule has 0 amide bonds. The van der Waals surface area contributed by atoms with Gasteiger partial charge in [0.25, 0.3) is 0 Å². The van der Waals surface area contributed by atoms with E-state index in [-0.39, 0.29) is 0 Å². The highest BCUT2D eigenvalue weighted by Crippen LogP contribution is 2.28. The molecular weight excluding hydrogens is 240 g/mol. The van der Waals surface area contributed by atoms with E-state index in [9.17, 15) is 0 Å². The van der Waals surface area contributed by atoms with Crippen LogP contribution in [0.1, 0.15) is 12.0 Å². The Morgan fingerprint density at radius 3 is 2.74 bits per heavy atom. The molecule has 19 heavy (non-hydrogen) atoms. The van der Waals surface area contributed by atoms with E-state index < -0.39 is 0 Å². The lowest BCUT2D eigenvalue weighted by Gasteiger charge is -2.33. The molecule has 0 radical (unpaired) electrons. The Hall–Kier alpha value is -1.26. The molecule has 1 unspecified atom stereocenters. The maximum atomic E-state index is 5.34. The number of hydrogen-bond donors (Lipinski definition) is 1. The van der Waals surface area contributed by atoms with Crippen molar-refractivity contribution in [3.8, 4) is 11.5 Å². The van der Waals surface area contributed by atoms with Crippen molar-refractivity contribution in [2.24, 2.45) is 0 Å². The molecule has 4 heteroatoms. The summed E-state index contributed by atoms with van der Waals surface area (Å²) in [4.78, 5) is 2.44. The minimum absolute atomic E-state index is 0.627. The van der Waals surface area contributed by atoms with Crippen molar-refractivity contribution < 1.29 is 9.47 Å². The highest BCUT2D eigenvalue weighted by atomic mass is 16.5. The molecule has 1 aromatic rings. The molecule has 0 saturated carbocycles. The Morgan fingerprint density at radius 2 is 2.05 bits per heavy atom. The molecule has 1 fully saturated rings. The number of rotatable bonds is 5. The fourth-order valence-corrected chi connectivity index (χ4v) is 2.55. The topological polar surface area (TPSA) is 33.7 Å². The van der Waals surface area contributed by atoms with E-state index in [1.54, 1.807) is 14.2 Å². The van der Waals surface area contributed by atoms with E-state index in [1.807, 2.05) is 6.07 Å². The number of piperazine rings is 1. The molecule has 1 heterocycles. The Bertz CT molecular complexity index is 409. The van der Waals surface area contributed by atoms with Gasteiger partial charge in [-0.25, -0.2) is 0 Å². The second-order valence-electron chi connectivity index (χ2n) is 5.07. The second kappa shape index (κ2) is 6.78. The van der Waals surface area contributed by atoms with Gasteiger partial charge in [0.1, 0.15) is 0 Å². The van der Waals surface area contributed by atoms with Crippen LogP contribution in [0.4, 0.5) is 0 Å². The average Bonchev–Trinajstić information content (AvgIpc) is 2.46. The van der Waals surface area contributed by atoms with Crippen molar-refractivity contribution in [3.05, 3.63) is 23.8 Å². The van der Waals surface area contributed by atoms with Crippen molar-refractivity contribution in [2.45, 2.75) is 18.9 Å². The average molecular weight is 264 g/mol. The number of hydrogen-bond acceptors (Lipinski definition) is 4. The fourth-order valence-electron chi connectivity index (χ4n) is 2.55. The van der Waals surface area contributed by atoms with Gasteiger partial charge < -0.3 is 19.7 Å². The maximum absolute atomic E-state index is 5.34. The third-order valence-electron chi connectivity index (χ3n) is 3.86. The predicted molar refractivity (Wildman–Crippen MR) is 77.2 cm³/mol. The van der Waals surface area contributed by atoms with Gasteiger partial charge in [0.15, 0.2) is 11.5 Å². The Balaban J connectivity index is 1.95. The summed E-state index contributed by atoms with van der Waals surface area (Å²) in [5, 5.41) is 3.46. The molecule has 1 saturated heterocycles. The molecule has 0 aliphatic carbocycles. The monoisotopic (exact) mass is 264 g/mol. The van der Waals surface area contributed by atoms with Gasteiger partial charge in [-0.1, -0.05) is 6.07 Å². The van der Waals surface area contributed by atoms with Crippen LogP contribution in [0.3, 0.4) is 0 Å². The Kier molecular flexibility index (Phi) is 5.05. The van der Waals surface area contributed by atoms with Gasteiger partial charge in [-0.2, -0.15) is 0 Å². The van der Waals surface area contributed by atoms with Crippen LogP contribution in [0.15, 0.2) is 18.2 Å². The third-order valence-corrected chi connectivity index (χ3v) is 3.86. The van der Waals surface area contributed by atoms with E-state index in [1.165, 1.54) is 12.0 Å². The molecule has 1 atom stereocenters. The lowest BCUT2D eigenvalue weighted by Crippen LogP contribution is -2.49. The van der Waals surface area contributed by atoms with Gasteiger partial charge in [0.05, 0.1) is 14.2 Å². The summed E-state index contributed by atoms with van der Waals surface area (Å²) in [6.07, 6.45) is 2.23. The molecule has 1 N–H and O–H groups in total. The largest absolute Gasteiger partial charge is 0.493 e. The number of nitrogens with zero attached hydrogens (tertiary/aromatic N) is 1. The molecule has 106 valence electrons. The van der Waals surface area contributed by atoms with Crippen molar-refractivity contribution in [1.29, 1.82) is 0 Å². The number of benzene rings is 1. The number of nitrogens with one attached hydrogen (secondary N) is 1. The minimum atomic E-state index is 0.627. The molecule has 1 aliphatic rings. The lowest BCUT2D eigenvalue weighted by molar-refractivity contribution is 0.190. The molecule has 2 rings (SSSR count). The number of aryl methyl sites for hydroxylation is 1. The molecule has 0 bridgehead atoms. The summed E-state index contributed by atoms with van der Waals surface area (Å²) in [6, 6.07) is 6.81. The zero-order valence-electron chi connectivity index (χ0n) is 12.1. The smallest absolute Gasteiger partial charge is 0.160 e. The van der Waals surface area contributed by atoms with Gasteiger partial charge in [-0.3, -0.25) is 0 Å². The standard InChI is InChI=1S/C15H24N2O2/c1-17-9-8-16-11-13(17)6-4-12-5-7-14(18-2)15(10-12)19-3/h5,7,10,13,16H,4,6,8-9,11H2,1-3H3. The molecule has 1 aliphatic heterocycles. The first-order valence-electron chi connectivity index (χ1n) is 6.86. The SMILES string of the molecule is COc1ccc(CCC2CNCCN2C)cc1OC. The molecule has 0 spiro atoms. The van der Waals surface area contributed by atoms with Crippen molar-refractivity contribution in [2.75, 3.05) is 40.9 Å². The van der Waals surface area contributed by atoms with E-state index in [0.717, 1.165) is 37.6 Å². The quantitative estimate of drug-likeness (QED) is 0.874. The lowest BCUT2D eigenvalue weighted by atomic mass is 10.0.